The summed E-state index contributed by atoms with van der Waals surface area (Å²) in [7, 11) is 5.46. The highest BCUT2D eigenvalue weighted by molar-refractivity contribution is 6.32. The summed E-state index contributed by atoms with van der Waals surface area (Å²) in [5.41, 5.74) is 4.62. The zero-order chi connectivity index (χ0) is 24.1. The summed E-state index contributed by atoms with van der Waals surface area (Å²) in [6.07, 6.45) is 0.602. The summed E-state index contributed by atoms with van der Waals surface area (Å²) in [5, 5.41) is 6.19. The predicted molar refractivity (Wildman–Crippen MR) is 130 cm³/mol. The van der Waals surface area contributed by atoms with Crippen molar-refractivity contribution in [3.05, 3.63) is 59.3 Å². The number of hydrogen-bond acceptors (Lipinski definition) is 6. The van der Waals surface area contributed by atoms with Crippen molar-refractivity contribution in [2.24, 2.45) is 0 Å². The molecule has 0 bridgehead atoms. The molecule has 0 fully saturated rings. The number of anilines is 3. The third kappa shape index (κ3) is 5.40. The van der Waals surface area contributed by atoms with E-state index in [-0.39, 0.29) is 18.4 Å². The van der Waals surface area contributed by atoms with Crippen LogP contribution in [0, 0.1) is 0 Å². The minimum absolute atomic E-state index is 0.00139. The first-order valence-electron chi connectivity index (χ1n) is 10.9. The van der Waals surface area contributed by atoms with Crippen LogP contribution in [-0.4, -0.2) is 57.0 Å². The number of rotatable bonds is 8. The molecule has 8 nitrogen and oxygen atoms in total. The van der Waals surface area contributed by atoms with Gasteiger partial charge in [-0.05, 0) is 63.8 Å². The minimum Gasteiger partial charge on any atom is -0.462 e. The second-order valence-electron chi connectivity index (χ2n) is 8.00. The molecular formula is C25H30N4O4. The van der Waals surface area contributed by atoms with Crippen molar-refractivity contribution in [3.63, 3.8) is 0 Å². The van der Waals surface area contributed by atoms with Crippen LogP contribution in [-0.2, 0) is 14.3 Å². The highest BCUT2D eigenvalue weighted by atomic mass is 16.5. The summed E-state index contributed by atoms with van der Waals surface area (Å²) in [6.45, 7) is 4.33. The number of allylic oxidation sites excluding steroid dienone is 1. The van der Waals surface area contributed by atoms with Gasteiger partial charge < -0.3 is 25.2 Å². The normalized spacial score (nSPS) is 13.9. The number of fused-ring (bicyclic) bond motifs is 1. The first-order valence-corrected chi connectivity index (χ1v) is 10.9. The number of esters is 1. The summed E-state index contributed by atoms with van der Waals surface area (Å²) in [4.78, 5) is 40.5. The quantitative estimate of drug-likeness (QED) is 0.472. The molecule has 0 atom stereocenters. The molecule has 0 radical (unpaired) electrons. The molecule has 1 heterocycles. The topological polar surface area (TPSA) is 91.0 Å². The van der Waals surface area contributed by atoms with Crippen LogP contribution in [0.2, 0.25) is 0 Å². The average Bonchev–Trinajstić information content (AvgIpc) is 3.11. The molecule has 8 heteroatoms. The number of nitrogens with zero attached hydrogens (tertiary/aromatic N) is 2. The van der Waals surface area contributed by atoms with Crippen LogP contribution in [0.1, 0.15) is 36.2 Å². The number of ether oxygens (including phenoxy) is 1. The lowest BCUT2D eigenvalue weighted by molar-refractivity contribution is -0.119. The molecule has 0 saturated carbocycles. The van der Waals surface area contributed by atoms with Crippen molar-refractivity contribution in [1.82, 2.24) is 4.90 Å². The van der Waals surface area contributed by atoms with E-state index in [1.807, 2.05) is 50.2 Å². The number of likely N-dealkylation sites (N-methyl/N-ethyl adjacent to an activating group) is 2. The third-order valence-electron chi connectivity index (χ3n) is 5.31. The SMILES string of the molecule is CCOC(=O)c1ccc2c(c1)NC(=O)/C2=C(/CC)Nc1ccc(N(C)C(=O)CN(C)C)cc1. The van der Waals surface area contributed by atoms with Gasteiger partial charge in [0.1, 0.15) is 0 Å². The summed E-state index contributed by atoms with van der Waals surface area (Å²) in [5.74, 6) is -0.644. The number of hydrogen-bond donors (Lipinski definition) is 2. The first-order chi connectivity index (χ1) is 15.7. The number of amides is 2. The molecule has 33 heavy (non-hydrogen) atoms. The largest absolute Gasteiger partial charge is 0.462 e. The Morgan fingerprint density at radius 1 is 1.03 bits per heavy atom. The van der Waals surface area contributed by atoms with E-state index >= 15 is 0 Å². The van der Waals surface area contributed by atoms with E-state index in [4.69, 9.17) is 4.74 Å². The van der Waals surface area contributed by atoms with Gasteiger partial charge in [-0.25, -0.2) is 4.79 Å². The second kappa shape index (κ2) is 10.3. The van der Waals surface area contributed by atoms with Crippen molar-refractivity contribution in [3.8, 4) is 0 Å². The molecule has 0 aliphatic carbocycles. The van der Waals surface area contributed by atoms with E-state index < -0.39 is 5.97 Å². The maximum Gasteiger partial charge on any atom is 0.338 e. The van der Waals surface area contributed by atoms with Gasteiger partial charge >= 0.3 is 5.97 Å². The fourth-order valence-electron chi connectivity index (χ4n) is 3.60. The van der Waals surface area contributed by atoms with Gasteiger partial charge in [-0.2, -0.15) is 0 Å². The van der Waals surface area contributed by atoms with E-state index in [2.05, 4.69) is 10.6 Å². The highest BCUT2D eigenvalue weighted by Crippen LogP contribution is 2.36. The molecule has 174 valence electrons. The molecule has 2 N–H and O–H groups in total. The molecule has 0 spiro atoms. The van der Waals surface area contributed by atoms with Crippen LogP contribution in [0.3, 0.4) is 0 Å². The average molecular weight is 451 g/mol. The Bertz CT molecular complexity index is 1090. The fourth-order valence-corrected chi connectivity index (χ4v) is 3.60. The Morgan fingerprint density at radius 3 is 2.33 bits per heavy atom. The molecule has 1 aliphatic rings. The smallest absolute Gasteiger partial charge is 0.338 e. The Hall–Kier alpha value is -3.65. The minimum atomic E-state index is -0.421. The monoisotopic (exact) mass is 450 g/mol. The molecule has 2 amide bonds. The Labute approximate surface area is 194 Å². The fraction of sp³-hybridized carbons (Fsp3) is 0.320. The second-order valence-corrected chi connectivity index (χ2v) is 8.00. The number of nitrogens with one attached hydrogen (secondary N) is 2. The zero-order valence-electron chi connectivity index (χ0n) is 19.7. The van der Waals surface area contributed by atoms with Crippen molar-refractivity contribution in [2.45, 2.75) is 20.3 Å². The van der Waals surface area contributed by atoms with Gasteiger partial charge in [-0.3, -0.25) is 9.59 Å². The molecule has 0 unspecified atom stereocenters. The van der Waals surface area contributed by atoms with Gasteiger partial charge in [0.25, 0.3) is 5.91 Å². The van der Waals surface area contributed by atoms with Crippen LogP contribution in [0.5, 0.6) is 0 Å². The van der Waals surface area contributed by atoms with E-state index in [1.165, 1.54) is 0 Å². The van der Waals surface area contributed by atoms with Crippen LogP contribution < -0.4 is 15.5 Å². The van der Waals surface area contributed by atoms with Crippen LogP contribution in [0.4, 0.5) is 17.1 Å². The Kier molecular flexibility index (Phi) is 7.50. The van der Waals surface area contributed by atoms with Crippen LogP contribution in [0.25, 0.3) is 5.57 Å². The van der Waals surface area contributed by atoms with Gasteiger partial charge in [0.05, 0.1) is 30.0 Å². The third-order valence-corrected chi connectivity index (χ3v) is 5.31. The van der Waals surface area contributed by atoms with Crippen molar-refractivity contribution < 1.29 is 19.1 Å². The van der Waals surface area contributed by atoms with E-state index in [1.54, 1.807) is 37.1 Å². The molecule has 2 aromatic rings. The number of benzene rings is 2. The number of carbonyl (C=O) groups excluding carboxylic acids is 3. The van der Waals surface area contributed by atoms with E-state index in [0.29, 0.717) is 29.8 Å². The summed E-state index contributed by atoms with van der Waals surface area (Å²) >= 11 is 0. The molecule has 0 saturated heterocycles. The lowest BCUT2D eigenvalue weighted by Crippen LogP contribution is -2.34. The molecule has 1 aliphatic heterocycles. The standard InChI is InChI=1S/C25H30N4O4/c1-6-20(26-17-9-11-18(12-10-17)29(5)22(30)15-28(3)4)23-19-13-8-16(25(32)33-7-2)14-21(19)27-24(23)31/h8-14,26H,6-7,15H2,1-5H3,(H,27,31)/b23-20-. The molecular weight excluding hydrogens is 420 g/mol. The van der Waals surface area contributed by atoms with Crippen LogP contribution >= 0.6 is 0 Å². The molecule has 0 aromatic heterocycles. The van der Waals surface area contributed by atoms with Crippen molar-refractivity contribution in [2.75, 3.05) is 49.8 Å². The molecule has 3 rings (SSSR count). The van der Waals surface area contributed by atoms with Crippen molar-refractivity contribution in [1.29, 1.82) is 0 Å². The summed E-state index contributed by atoms with van der Waals surface area (Å²) in [6, 6.07) is 12.6. The van der Waals surface area contributed by atoms with Gasteiger partial charge in [0, 0.05) is 29.7 Å². The van der Waals surface area contributed by atoms with Gasteiger partial charge in [0.15, 0.2) is 0 Å². The Balaban J connectivity index is 1.84. The molecule has 2 aromatic carbocycles. The first kappa shape index (κ1) is 24.0. The van der Waals surface area contributed by atoms with Gasteiger partial charge in [0.2, 0.25) is 5.91 Å². The summed E-state index contributed by atoms with van der Waals surface area (Å²) < 4.78 is 5.05. The van der Waals surface area contributed by atoms with E-state index in [9.17, 15) is 14.4 Å². The Morgan fingerprint density at radius 2 is 1.73 bits per heavy atom. The predicted octanol–water partition coefficient (Wildman–Crippen LogP) is 3.57. The number of carbonyl (C=O) groups is 3. The lowest BCUT2D eigenvalue weighted by atomic mass is 10.0. The lowest BCUT2D eigenvalue weighted by Gasteiger charge is -2.20. The van der Waals surface area contributed by atoms with Gasteiger partial charge in [-0.1, -0.05) is 13.0 Å². The highest BCUT2D eigenvalue weighted by Gasteiger charge is 2.28. The van der Waals surface area contributed by atoms with Gasteiger partial charge in [-0.15, -0.1) is 0 Å². The van der Waals surface area contributed by atoms with Crippen molar-refractivity contribution >= 4 is 40.4 Å². The maximum atomic E-state index is 12.8. The van der Waals surface area contributed by atoms with E-state index in [0.717, 1.165) is 22.6 Å². The van der Waals surface area contributed by atoms with Crippen LogP contribution in [0.15, 0.2) is 48.2 Å². The zero-order valence-corrected chi connectivity index (χ0v) is 19.7. The maximum absolute atomic E-state index is 12.8.